The molecule has 0 saturated heterocycles. The summed E-state index contributed by atoms with van der Waals surface area (Å²) in [5, 5.41) is 11.1. The average molecular weight is 483 g/mol. The van der Waals surface area contributed by atoms with E-state index in [9.17, 15) is 14.1 Å². The molecular formula is C27H30O6S. The van der Waals surface area contributed by atoms with Crippen LogP contribution < -0.4 is 0 Å². The van der Waals surface area contributed by atoms with Crippen LogP contribution in [0, 0.1) is 6.92 Å². The Bertz CT molecular complexity index is 1040. The van der Waals surface area contributed by atoms with Crippen LogP contribution in [0.15, 0.2) is 89.8 Å². The van der Waals surface area contributed by atoms with Gasteiger partial charge in [-0.2, -0.15) is 0 Å². The lowest BCUT2D eigenvalue weighted by Gasteiger charge is -2.29. The van der Waals surface area contributed by atoms with Crippen molar-refractivity contribution in [2.24, 2.45) is 0 Å². The van der Waals surface area contributed by atoms with E-state index in [0.717, 1.165) is 16.7 Å². The fourth-order valence-corrected chi connectivity index (χ4v) is 4.51. The van der Waals surface area contributed by atoms with Gasteiger partial charge in [-0.1, -0.05) is 78.4 Å². The van der Waals surface area contributed by atoms with Crippen molar-refractivity contribution < 1.29 is 28.3 Å². The first-order valence-corrected chi connectivity index (χ1v) is 12.3. The zero-order valence-electron chi connectivity index (χ0n) is 19.3. The maximum atomic E-state index is 12.9. The van der Waals surface area contributed by atoms with Crippen molar-refractivity contribution in [3.63, 3.8) is 0 Å². The lowest BCUT2D eigenvalue weighted by Crippen LogP contribution is -2.48. The minimum absolute atomic E-state index is 0.120. The van der Waals surface area contributed by atoms with Gasteiger partial charge in [-0.05, 0) is 30.2 Å². The average Bonchev–Trinajstić information content (AvgIpc) is 2.87. The minimum Gasteiger partial charge on any atom is -0.467 e. The van der Waals surface area contributed by atoms with Crippen LogP contribution in [0.5, 0.6) is 0 Å². The van der Waals surface area contributed by atoms with Crippen LogP contribution >= 0.6 is 0 Å². The summed E-state index contributed by atoms with van der Waals surface area (Å²) in [6.45, 7) is 2.21. The van der Waals surface area contributed by atoms with Crippen LogP contribution in [0.3, 0.4) is 0 Å². The summed E-state index contributed by atoms with van der Waals surface area (Å²) in [5.74, 6) is -0.792. The van der Waals surface area contributed by atoms with Crippen molar-refractivity contribution in [1.82, 2.24) is 0 Å². The van der Waals surface area contributed by atoms with Gasteiger partial charge >= 0.3 is 5.97 Å². The monoisotopic (exact) mass is 482 g/mol. The summed E-state index contributed by atoms with van der Waals surface area (Å²) < 4.78 is 29.8. The molecule has 6 nitrogen and oxygen atoms in total. The fraction of sp³-hybridized carbons (Fsp3) is 0.296. The summed E-state index contributed by atoms with van der Waals surface area (Å²) in [6.07, 6.45) is -3.55. The number of carbonyl (C=O) groups is 1. The number of aryl methyl sites for hydroxylation is 1. The summed E-state index contributed by atoms with van der Waals surface area (Å²) in [5.41, 5.74) is 2.77. The van der Waals surface area contributed by atoms with Gasteiger partial charge in [0.25, 0.3) is 0 Å². The van der Waals surface area contributed by atoms with Crippen molar-refractivity contribution in [3.8, 4) is 0 Å². The Balaban J connectivity index is 1.80. The lowest BCUT2D eigenvalue weighted by molar-refractivity contribution is -0.177. The number of hydrogen-bond acceptors (Lipinski definition) is 6. The molecule has 0 aromatic heterocycles. The Labute approximate surface area is 203 Å². The van der Waals surface area contributed by atoms with E-state index in [-0.39, 0.29) is 19.0 Å². The fourth-order valence-electron chi connectivity index (χ4n) is 3.38. The third-order valence-electron chi connectivity index (χ3n) is 5.27. The molecule has 0 bridgehead atoms. The molecule has 0 saturated carbocycles. The molecule has 0 unspecified atom stereocenters. The molecule has 0 heterocycles. The summed E-state index contributed by atoms with van der Waals surface area (Å²) in [4.78, 5) is 13.3. The highest BCUT2D eigenvalue weighted by Gasteiger charge is 2.37. The Hall–Kier alpha value is -2.84. The van der Waals surface area contributed by atoms with Crippen molar-refractivity contribution >= 4 is 16.8 Å². The Morgan fingerprint density at radius 1 is 0.853 bits per heavy atom. The number of esters is 1. The third kappa shape index (κ3) is 7.60. The third-order valence-corrected chi connectivity index (χ3v) is 6.72. The first-order valence-electron chi connectivity index (χ1n) is 11.0. The predicted molar refractivity (Wildman–Crippen MR) is 131 cm³/mol. The number of aliphatic hydroxyl groups is 1. The normalized spacial score (nSPS) is 14.7. The second kappa shape index (κ2) is 13.2. The number of benzene rings is 3. The van der Waals surface area contributed by atoms with Gasteiger partial charge in [-0.15, -0.1) is 0 Å². The van der Waals surface area contributed by atoms with Crippen LogP contribution in [0.1, 0.15) is 16.7 Å². The van der Waals surface area contributed by atoms with Crippen LogP contribution in [0.2, 0.25) is 0 Å². The largest absolute Gasteiger partial charge is 0.467 e. The van der Waals surface area contributed by atoms with Gasteiger partial charge in [0.15, 0.2) is 6.10 Å². The van der Waals surface area contributed by atoms with Gasteiger partial charge < -0.3 is 19.3 Å². The van der Waals surface area contributed by atoms with Crippen molar-refractivity contribution in [1.29, 1.82) is 0 Å². The number of aliphatic hydroxyl groups excluding tert-OH is 1. The lowest BCUT2D eigenvalue weighted by atomic mass is 10.1. The van der Waals surface area contributed by atoms with Gasteiger partial charge in [-0.25, -0.2) is 4.79 Å². The van der Waals surface area contributed by atoms with E-state index in [4.69, 9.17) is 14.2 Å². The molecule has 7 heteroatoms. The first kappa shape index (κ1) is 25.8. The quantitative estimate of drug-likeness (QED) is 0.396. The topological polar surface area (TPSA) is 82.1 Å². The van der Waals surface area contributed by atoms with E-state index in [1.807, 2.05) is 79.7 Å². The van der Waals surface area contributed by atoms with Crippen LogP contribution in [0.25, 0.3) is 0 Å². The van der Waals surface area contributed by atoms with Gasteiger partial charge in [0.05, 0.1) is 43.0 Å². The second-order valence-corrected chi connectivity index (χ2v) is 9.39. The highest BCUT2D eigenvalue weighted by atomic mass is 32.2. The molecule has 4 atom stereocenters. The summed E-state index contributed by atoms with van der Waals surface area (Å²) >= 11 is 0. The molecule has 3 aromatic rings. The predicted octanol–water partition coefficient (Wildman–Crippen LogP) is 3.81. The standard InChI is InChI=1S/C27H30O6S/c1-20-13-15-23(16-14-20)34(30)19-24(28)25(32-17-21-9-5-3-6-10-21)26(27(29)31-2)33-18-22-11-7-4-8-12-22/h3-16,24-26,28H,17-19H2,1-2H3/t24-,25+,26-,34+/m0/s1. The molecule has 3 rings (SSSR count). The maximum Gasteiger partial charge on any atom is 0.337 e. The Morgan fingerprint density at radius 3 is 1.91 bits per heavy atom. The number of hydrogen-bond donors (Lipinski definition) is 1. The first-order chi connectivity index (χ1) is 16.5. The SMILES string of the molecule is COC(=O)[C@@H](OCc1ccccc1)[C@H](OCc1ccccc1)[C@@H](O)C[S@@](=O)c1ccc(C)cc1. The number of carbonyl (C=O) groups excluding carboxylic acids is 1. The van der Waals surface area contributed by atoms with Crippen LogP contribution in [-0.4, -0.2) is 46.5 Å². The highest BCUT2D eigenvalue weighted by molar-refractivity contribution is 7.85. The zero-order valence-corrected chi connectivity index (χ0v) is 20.1. The van der Waals surface area contributed by atoms with Gasteiger partial charge in [0.1, 0.15) is 6.10 Å². The Morgan fingerprint density at radius 2 is 1.38 bits per heavy atom. The van der Waals surface area contributed by atoms with Gasteiger partial charge in [0, 0.05) is 4.90 Å². The summed E-state index contributed by atoms with van der Waals surface area (Å²) in [6, 6.07) is 26.0. The molecule has 34 heavy (non-hydrogen) atoms. The molecule has 1 N–H and O–H groups in total. The number of ether oxygens (including phenoxy) is 3. The molecule has 0 aliphatic heterocycles. The number of methoxy groups -OCH3 is 1. The van der Waals surface area contributed by atoms with E-state index in [0.29, 0.717) is 4.90 Å². The molecule has 0 aliphatic carbocycles. The van der Waals surface area contributed by atoms with Gasteiger partial charge in [-0.3, -0.25) is 4.21 Å². The summed E-state index contributed by atoms with van der Waals surface area (Å²) in [7, 11) is -0.243. The maximum absolute atomic E-state index is 12.9. The van der Waals surface area contributed by atoms with Crippen molar-refractivity contribution in [2.75, 3.05) is 12.9 Å². The number of rotatable bonds is 12. The second-order valence-electron chi connectivity index (χ2n) is 7.89. The van der Waals surface area contributed by atoms with E-state index < -0.39 is 35.1 Å². The van der Waals surface area contributed by atoms with E-state index in [2.05, 4.69) is 0 Å². The van der Waals surface area contributed by atoms with E-state index in [1.54, 1.807) is 12.1 Å². The molecular weight excluding hydrogens is 452 g/mol. The van der Waals surface area contributed by atoms with Gasteiger partial charge in [0.2, 0.25) is 0 Å². The molecule has 0 radical (unpaired) electrons. The highest BCUT2D eigenvalue weighted by Crippen LogP contribution is 2.19. The molecule has 0 spiro atoms. The molecule has 0 aliphatic rings. The Kier molecular flexibility index (Phi) is 9.97. The molecule has 3 aromatic carbocycles. The van der Waals surface area contributed by atoms with E-state index in [1.165, 1.54) is 7.11 Å². The molecule has 0 amide bonds. The molecule has 180 valence electrons. The smallest absolute Gasteiger partial charge is 0.337 e. The van der Waals surface area contributed by atoms with Crippen LogP contribution in [0.4, 0.5) is 0 Å². The minimum atomic E-state index is -1.50. The van der Waals surface area contributed by atoms with E-state index >= 15 is 0 Å². The van der Waals surface area contributed by atoms with Crippen molar-refractivity contribution in [2.45, 2.75) is 43.3 Å². The zero-order chi connectivity index (χ0) is 24.3. The molecule has 0 fully saturated rings. The van der Waals surface area contributed by atoms with Crippen LogP contribution in [-0.2, 0) is 43.0 Å². The van der Waals surface area contributed by atoms with Crippen molar-refractivity contribution in [3.05, 3.63) is 102 Å².